The molecular formula is C22H21NO6. The Morgan fingerprint density at radius 3 is 2.52 bits per heavy atom. The van der Waals surface area contributed by atoms with E-state index in [1.807, 2.05) is 31.2 Å². The van der Waals surface area contributed by atoms with Crippen LogP contribution in [0.25, 0.3) is 11.0 Å². The number of ether oxygens (including phenoxy) is 2. The van der Waals surface area contributed by atoms with Crippen LogP contribution in [0, 0.1) is 0 Å². The highest BCUT2D eigenvalue weighted by atomic mass is 16.5. The highest BCUT2D eigenvalue weighted by molar-refractivity contribution is 5.90. The van der Waals surface area contributed by atoms with Gasteiger partial charge in [0.25, 0.3) is 5.91 Å². The van der Waals surface area contributed by atoms with Gasteiger partial charge in [0.1, 0.15) is 11.3 Å². The summed E-state index contributed by atoms with van der Waals surface area (Å²) in [6.45, 7) is 2.39. The first-order chi connectivity index (χ1) is 14.0. The molecule has 29 heavy (non-hydrogen) atoms. The number of nitrogens with zero attached hydrogens (tertiary/aromatic N) is 1. The summed E-state index contributed by atoms with van der Waals surface area (Å²) in [5, 5.41) is 0.371. The number of carbonyl (C=O) groups excluding carboxylic acids is 2. The molecule has 0 spiro atoms. The largest absolute Gasteiger partial charge is 0.494 e. The van der Waals surface area contributed by atoms with Crippen molar-refractivity contribution in [3.63, 3.8) is 0 Å². The SMILES string of the molecule is CCOc1ccc(CN(C)C(=O)COC(=O)c2cc(=O)c3ccccc3o2)cc1. The van der Waals surface area contributed by atoms with Gasteiger partial charge in [-0.1, -0.05) is 24.3 Å². The first-order valence-corrected chi connectivity index (χ1v) is 9.13. The molecule has 0 radical (unpaired) electrons. The molecular weight excluding hydrogens is 374 g/mol. The Bertz CT molecular complexity index is 1070. The van der Waals surface area contributed by atoms with Crippen molar-refractivity contribution in [2.24, 2.45) is 0 Å². The zero-order valence-corrected chi connectivity index (χ0v) is 16.2. The average molecular weight is 395 g/mol. The number of benzene rings is 2. The highest BCUT2D eigenvalue weighted by Crippen LogP contribution is 2.14. The maximum absolute atomic E-state index is 12.3. The summed E-state index contributed by atoms with van der Waals surface area (Å²) >= 11 is 0. The molecule has 0 fully saturated rings. The van der Waals surface area contributed by atoms with Crippen LogP contribution in [0.5, 0.6) is 5.75 Å². The van der Waals surface area contributed by atoms with Gasteiger partial charge < -0.3 is 18.8 Å². The number of rotatable bonds is 7. The smallest absolute Gasteiger partial charge is 0.374 e. The number of esters is 1. The Labute approximate surface area is 167 Å². The minimum atomic E-state index is -0.865. The molecule has 0 aliphatic heterocycles. The normalized spacial score (nSPS) is 10.6. The monoisotopic (exact) mass is 395 g/mol. The molecule has 7 heteroatoms. The summed E-state index contributed by atoms with van der Waals surface area (Å²) in [7, 11) is 1.61. The zero-order chi connectivity index (χ0) is 20.8. The maximum atomic E-state index is 12.3. The van der Waals surface area contributed by atoms with Crippen molar-refractivity contribution in [3.8, 4) is 5.75 Å². The number of carbonyl (C=O) groups is 2. The van der Waals surface area contributed by atoms with Crippen molar-refractivity contribution in [1.29, 1.82) is 0 Å². The second kappa shape index (κ2) is 9.05. The predicted octanol–water partition coefficient (Wildman–Crippen LogP) is 3.01. The Morgan fingerprint density at radius 2 is 1.79 bits per heavy atom. The van der Waals surface area contributed by atoms with Gasteiger partial charge in [0.05, 0.1) is 12.0 Å². The number of hydrogen-bond acceptors (Lipinski definition) is 6. The second-order valence-electron chi connectivity index (χ2n) is 6.37. The molecule has 3 aromatic rings. The molecule has 2 aromatic carbocycles. The Hall–Kier alpha value is -3.61. The van der Waals surface area contributed by atoms with Crippen LogP contribution in [0.2, 0.25) is 0 Å². The third-order valence-corrected chi connectivity index (χ3v) is 4.24. The van der Waals surface area contributed by atoms with Crippen molar-refractivity contribution in [2.45, 2.75) is 13.5 Å². The molecule has 0 aliphatic carbocycles. The molecule has 7 nitrogen and oxygen atoms in total. The van der Waals surface area contributed by atoms with Crippen LogP contribution in [-0.2, 0) is 16.1 Å². The van der Waals surface area contributed by atoms with Crippen LogP contribution in [0.4, 0.5) is 0 Å². The molecule has 0 bridgehead atoms. The average Bonchev–Trinajstić information content (AvgIpc) is 2.73. The Morgan fingerprint density at radius 1 is 1.07 bits per heavy atom. The van der Waals surface area contributed by atoms with Gasteiger partial charge in [0.2, 0.25) is 5.76 Å². The second-order valence-corrected chi connectivity index (χ2v) is 6.37. The van der Waals surface area contributed by atoms with Crippen LogP contribution < -0.4 is 10.2 Å². The Kier molecular flexibility index (Phi) is 6.29. The fourth-order valence-corrected chi connectivity index (χ4v) is 2.73. The lowest BCUT2D eigenvalue weighted by atomic mass is 10.2. The van der Waals surface area contributed by atoms with E-state index in [0.717, 1.165) is 17.4 Å². The molecule has 1 aromatic heterocycles. The number of likely N-dealkylation sites (N-methyl/N-ethyl adjacent to an activating group) is 1. The van der Waals surface area contributed by atoms with Crippen molar-refractivity contribution in [3.05, 3.63) is 76.1 Å². The Balaban J connectivity index is 1.58. The van der Waals surface area contributed by atoms with Gasteiger partial charge >= 0.3 is 5.97 Å². The lowest BCUT2D eigenvalue weighted by Gasteiger charge is -2.17. The van der Waals surface area contributed by atoms with E-state index < -0.39 is 12.6 Å². The predicted molar refractivity (Wildman–Crippen MR) is 107 cm³/mol. The van der Waals surface area contributed by atoms with E-state index in [1.54, 1.807) is 31.3 Å². The number of fused-ring (bicyclic) bond motifs is 1. The van der Waals surface area contributed by atoms with Gasteiger partial charge in [-0.05, 0) is 36.8 Å². The number of para-hydroxylation sites is 1. The molecule has 0 atom stereocenters. The topological polar surface area (TPSA) is 86.0 Å². The third-order valence-electron chi connectivity index (χ3n) is 4.24. The fraction of sp³-hybridized carbons (Fsp3) is 0.227. The molecule has 1 amide bonds. The summed E-state index contributed by atoms with van der Waals surface area (Å²) in [6.07, 6.45) is 0. The summed E-state index contributed by atoms with van der Waals surface area (Å²) in [4.78, 5) is 38.0. The van der Waals surface area contributed by atoms with E-state index in [9.17, 15) is 14.4 Å². The molecule has 1 heterocycles. The third kappa shape index (κ3) is 5.01. The van der Waals surface area contributed by atoms with Crippen molar-refractivity contribution in [2.75, 3.05) is 20.3 Å². The van der Waals surface area contributed by atoms with Crippen LogP contribution in [0.3, 0.4) is 0 Å². The van der Waals surface area contributed by atoms with Gasteiger partial charge in [-0.2, -0.15) is 0 Å². The standard InChI is InChI=1S/C22H21NO6/c1-3-27-16-10-8-15(9-11-16)13-23(2)21(25)14-28-22(26)20-12-18(24)17-6-4-5-7-19(17)29-20/h4-12H,3,13-14H2,1-2H3. The lowest BCUT2D eigenvalue weighted by molar-refractivity contribution is -0.133. The number of amides is 1. The zero-order valence-electron chi connectivity index (χ0n) is 16.2. The van der Waals surface area contributed by atoms with E-state index in [1.165, 1.54) is 4.90 Å². The molecule has 0 unspecified atom stereocenters. The van der Waals surface area contributed by atoms with E-state index in [4.69, 9.17) is 13.9 Å². The minimum Gasteiger partial charge on any atom is -0.494 e. The first-order valence-electron chi connectivity index (χ1n) is 9.13. The molecule has 3 rings (SSSR count). The summed E-state index contributed by atoms with van der Waals surface area (Å²) in [6, 6.07) is 15.1. The maximum Gasteiger partial charge on any atom is 0.374 e. The van der Waals surface area contributed by atoms with E-state index in [-0.39, 0.29) is 22.7 Å². The van der Waals surface area contributed by atoms with Crippen LogP contribution in [-0.4, -0.2) is 37.0 Å². The highest BCUT2D eigenvalue weighted by Gasteiger charge is 2.17. The van der Waals surface area contributed by atoms with Crippen LogP contribution in [0.1, 0.15) is 23.0 Å². The van der Waals surface area contributed by atoms with E-state index in [2.05, 4.69) is 0 Å². The summed E-state index contributed by atoms with van der Waals surface area (Å²) in [5.41, 5.74) is 0.847. The van der Waals surface area contributed by atoms with E-state index in [0.29, 0.717) is 18.5 Å². The van der Waals surface area contributed by atoms with E-state index >= 15 is 0 Å². The van der Waals surface area contributed by atoms with Gasteiger partial charge in [0, 0.05) is 19.7 Å². The molecule has 0 saturated heterocycles. The summed E-state index contributed by atoms with van der Waals surface area (Å²) < 4.78 is 15.8. The fourth-order valence-electron chi connectivity index (χ4n) is 2.73. The van der Waals surface area contributed by atoms with Gasteiger partial charge in [-0.25, -0.2) is 4.79 Å². The molecule has 150 valence electrons. The molecule has 0 N–H and O–H groups in total. The van der Waals surface area contributed by atoms with Gasteiger partial charge in [-0.3, -0.25) is 9.59 Å². The van der Waals surface area contributed by atoms with Crippen molar-refractivity contribution >= 4 is 22.8 Å². The quantitative estimate of drug-likeness (QED) is 0.572. The van der Waals surface area contributed by atoms with Crippen LogP contribution >= 0.6 is 0 Å². The van der Waals surface area contributed by atoms with Crippen LogP contribution in [0.15, 0.2) is 63.8 Å². The minimum absolute atomic E-state index is 0.240. The number of hydrogen-bond donors (Lipinski definition) is 0. The van der Waals surface area contributed by atoms with Gasteiger partial charge in [-0.15, -0.1) is 0 Å². The first kappa shape index (κ1) is 20.1. The van der Waals surface area contributed by atoms with Crippen molar-refractivity contribution < 1.29 is 23.5 Å². The summed E-state index contributed by atoms with van der Waals surface area (Å²) in [5.74, 6) is -0.724. The van der Waals surface area contributed by atoms with Crippen molar-refractivity contribution in [1.82, 2.24) is 4.90 Å². The molecule has 0 saturated carbocycles. The van der Waals surface area contributed by atoms with Gasteiger partial charge in [0.15, 0.2) is 12.0 Å². The lowest BCUT2D eigenvalue weighted by Crippen LogP contribution is -2.30. The molecule has 0 aliphatic rings.